The summed E-state index contributed by atoms with van der Waals surface area (Å²) in [6.45, 7) is 3.96. The van der Waals surface area contributed by atoms with E-state index < -0.39 is 23.5 Å². The smallest absolute Gasteiger partial charge is 0.300 e. The third-order valence-corrected chi connectivity index (χ3v) is 6.47. The summed E-state index contributed by atoms with van der Waals surface area (Å²) in [7, 11) is 3.03. The van der Waals surface area contributed by atoms with Crippen LogP contribution in [0.25, 0.3) is 5.76 Å². The summed E-state index contributed by atoms with van der Waals surface area (Å²) >= 11 is 6.00. The Labute approximate surface area is 213 Å². The molecule has 0 spiro atoms. The van der Waals surface area contributed by atoms with Gasteiger partial charge in [-0.1, -0.05) is 43.6 Å². The van der Waals surface area contributed by atoms with Gasteiger partial charge in [0, 0.05) is 16.8 Å². The second-order valence-electron chi connectivity index (χ2n) is 8.62. The minimum Gasteiger partial charge on any atom is -0.507 e. The number of ether oxygens (including phenoxy) is 2. The number of hydrogen-bond donors (Lipinski definition) is 1. The number of amides is 1. The molecule has 1 fully saturated rings. The fraction of sp³-hybridized carbons (Fsp3) is 0.214. The van der Waals surface area contributed by atoms with Crippen LogP contribution in [0.2, 0.25) is 5.02 Å². The van der Waals surface area contributed by atoms with Gasteiger partial charge in [-0.05, 0) is 53.9 Å². The maximum Gasteiger partial charge on any atom is 0.300 e. The zero-order valence-electron chi connectivity index (χ0n) is 20.2. The van der Waals surface area contributed by atoms with Crippen LogP contribution in [0.3, 0.4) is 0 Å². The van der Waals surface area contributed by atoms with Gasteiger partial charge >= 0.3 is 0 Å². The predicted molar refractivity (Wildman–Crippen MR) is 136 cm³/mol. The van der Waals surface area contributed by atoms with Gasteiger partial charge in [-0.25, -0.2) is 4.39 Å². The molecular weight excluding hydrogens is 485 g/mol. The Morgan fingerprint density at radius 1 is 1.00 bits per heavy atom. The van der Waals surface area contributed by atoms with Gasteiger partial charge < -0.3 is 14.6 Å². The van der Waals surface area contributed by atoms with Crippen LogP contribution in [0.5, 0.6) is 11.5 Å². The first-order chi connectivity index (χ1) is 17.2. The molecule has 0 radical (unpaired) electrons. The van der Waals surface area contributed by atoms with Gasteiger partial charge in [0.15, 0.2) is 0 Å². The van der Waals surface area contributed by atoms with Crippen LogP contribution in [-0.4, -0.2) is 31.0 Å². The summed E-state index contributed by atoms with van der Waals surface area (Å²) in [5.74, 6) is -1.65. The van der Waals surface area contributed by atoms with E-state index in [-0.39, 0.29) is 28.0 Å². The molecule has 1 atom stereocenters. The van der Waals surface area contributed by atoms with Crippen molar-refractivity contribution in [3.63, 3.8) is 0 Å². The average molecular weight is 510 g/mol. The van der Waals surface area contributed by atoms with Crippen molar-refractivity contribution >= 4 is 34.7 Å². The number of para-hydroxylation sites is 1. The van der Waals surface area contributed by atoms with Crippen molar-refractivity contribution in [2.75, 3.05) is 19.1 Å². The highest BCUT2D eigenvalue weighted by molar-refractivity contribution is 6.52. The lowest BCUT2D eigenvalue weighted by Gasteiger charge is -2.27. The molecule has 3 aromatic rings. The van der Waals surface area contributed by atoms with E-state index in [2.05, 4.69) is 0 Å². The van der Waals surface area contributed by atoms with Crippen molar-refractivity contribution in [3.05, 3.63) is 93.8 Å². The standard InChI is InChI=1S/C28H25ClFNO5/c1-15(2)19-13-16(9-12-23(19)36-4)26(32)24-25(18-7-5-6-8-22(18)35-3)31(28(34)27(24)33)17-10-11-21(30)20(29)14-17/h5-15,25,32H,1-4H3/b26-24+. The first-order valence-electron chi connectivity index (χ1n) is 11.3. The summed E-state index contributed by atoms with van der Waals surface area (Å²) in [4.78, 5) is 27.9. The molecule has 4 rings (SSSR count). The lowest BCUT2D eigenvalue weighted by atomic mass is 9.92. The van der Waals surface area contributed by atoms with E-state index in [1.165, 1.54) is 24.1 Å². The number of methoxy groups -OCH3 is 2. The summed E-state index contributed by atoms with van der Waals surface area (Å²) < 4.78 is 24.9. The molecule has 1 N–H and O–H groups in total. The first-order valence-corrected chi connectivity index (χ1v) is 11.6. The van der Waals surface area contributed by atoms with Gasteiger partial charge in [0.25, 0.3) is 11.7 Å². The second kappa shape index (κ2) is 10.0. The molecule has 1 aliphatic rings. The van der Waals surface area contributed by atoms with E-state index in [1.54, 1.807) is 49.6 Å². The number of Topliss-reactive ketones (excluding diaryl/α,β-unsaturated/α-hetero) is 1. The van der Waals surface area contributed by atoms with Crippen LogP contribution in [-0.2, 0) is 9.59 Å². The first kappa shape index (κ1) is 25.3. The molecule has 3 aromatic carbocycles. The van der Waals surface area contributed by atoms with Gasteiger partial charge in [-0.15, -0.1) is 0 Å². The maximum atomic E-state index is 13.9. The van der Waals surface area contributed by atoms with E-state index in [9.17, 15) is 19.1 Å². The zero-order chi connectivity index (χ0) is 26.1. The van der Waals surface area contributed by atoms with Crippen molar-refractivity contribution in [1.29, 1.82) is 0 Å². The van der Waals surface area contributed by atoms with Crippen molar-refractivity contribution in [1.82, 2.24) is 0 Å². The molecule has 1 unspecified atom stereocenters. The Morgan fingerprint density at radius 3 is 2.33 bits per heavy atom. The number of rotatable bonds is 6. The summed E-state index contributed by atoms with van der Waals surface area (Å²) in [5, 5.41) is 11.2. The van der Waals surface area contributed by atoms with Crippen molar-refractivity contribution in [2.45, 2.75) is 25.8 Å². The highest BCUT2D eigenvalue weighted by Gasteiger charge is 2.48. The molecule has 0 saturated carbocycles. The van der Waals surface area contributed by atoms with Crippen LogP contribution in [0.4, 0.5) is 10.1 Å². The van der Waals surface area contributed by atoms with Gasteiger partial charge in [-0.3, -0.25) is 14.5 Å². The Kier molecular flexibility index (Phi) is 7.04. The quantitative estimate of drug-likeness (QED) is 0.241. The third kappa shape index (κ3) is 4.31. The summed E-state index contributed by atoms with van der Waals surface area (Å²) in [6.07, 6.45) is 0. The lowest BCUT2D eigenvalue weighted by Crippen LogP contribution is -2.29. The molecule has 1 amide bonds. The highest BCUT2D eigenvalue weighted by atomic mass is 35.5. The monoisotopic (exact) mass is 509 g/mol. The number of anilines is 1. The topological polar surface area (TPSA) is 76.1 Å². The number of nitrogens with zero attached hydrogens (tertiary/aromatic N) is 1. The van der Waals surface area contributed by atoms with Crippen LogP contribution in [0, 0.1) is 5.82 Å². The fourth-order valence-electron chi connectivity index (χ4n) is 4.41. The minimum absolute atomic E-state index is 0.0708. The van der Waals surface area contributed by atoms with Crippen molar-refractivity contribution in [2.24, 2.45) is 0 Å². The van der Waals surface area contributed by atoms with E-state index in [0.29, 0.717) is 22.6 Å². The molecule has 1 aliphatic heterocycles. The maximum absolute atomic E-state index is 13.9. The molecule has 1 heterocycles. The van der Waals surface area contributed by atoms with Crippen molar-refractivity contribution < 1.29 is 28.6 Å². The van der Waals surface area contributed by atoms with Crippen LogP contribution in [0.15, 0.2) is 66.2 Å². The van der Waals surface area contributed by atoms with Crippen LogP contribution >= 0.6 is 11.6 Å². The van der Waals surface area contributed by atoms with Gasteiger partial charge in [0.05, 0.1) is 30.9 Å². The van der Waals surface area contributed by atoms with Gasteiger partial charge in [-0.2, -0.15) is 0 Å². The van der Waals surface area contributed by atoms with E-state index >= 15 is 0 Å². The average Bonchev–Trinajstić information content (AvgIpc) is 3.14. The molecule has 8 heteroatoms. The van der Waals surface area contributed by atoms with Crippen LogP contribution in [0.1, 0.15) is 42.5 Å². The number of aliphatic hydroxyl groups excluding tert-OH is 1. The number of ketones is 1. The zero-order valence-corrected chi connectivity index (χ0v) is 21.0. The summed E-state index contributed by atoms with van der Waals surface area (Å²) in [5.41, 5.74) is 1.74. The van der Waals surface area contributed by atoms with E-state index in [0.717, 1.165) is 11.6 Å². The second-order valence-corrected chi connectivity index (χ2v) is 9.03. The molecular formula is C28H25ClFNO5. The largest absolute Gasteiger partial charge is 0.507 e. The molecule has 36 heavy (non-hydrogen) atoms. The number of hydrogen-bond acceptors (Lipinski definition) is 5. The third-order valence-electron chi connectivity index (χ3n) is 6.18. The normalized spacial score (nSPS) is 17.1. The fourth-order valence-corrected chi connectivity index (χ4v) is 4.58. The number of carbonyl (C=O) groups is 2. The van der Waals surface area contributed by atoms with Gasteiger partial charge in [0.2, 0.25) is 0 Å². The van der Waals surface area contributed by atoms with Gasteiger partial charge in [0.1, 0.15) is 23.1 Å². The summed E-state index contributed by atoms with van der Waals surface area (Å²) in [6, 6.07) is 14.7. The number of aliphatic hydroxyl groups is 1. The minimum atomic E-state index is -1.05. The number of carbonyl (C=O) groups excluding carboxylic acids is 2. The molecule has 186 valence electrons. The molecule has 0 aliphatic carbocycles. The lowest BCUT2D eigenvalue weighted by molar-refractivity contribution is -0.132. The molecule has 6 nitrogen and oxygen atoms in total. The van der Waals surface area contributed by atoms with E-state index in [1.807, 2.05) is 13.8 Å². The number of halogens is 2. The Bertz CT molecular complexity index is 1380. The van der Waals surface area contributed by atoms with Crippen LogP contribution < -0.4 is 14.4 Å². The Balaban J connectivity index is 1.99. The number of benzene rings is 3. The molecule has 1 saturated heterocycles. The Hall–Kier alpha value is -3.84. The van der Waals surface area contributed by atoms with Crippen molar-refractivity contribution in [3.8, 4) is 11.5 Å². The van der Waals surface area contributed by atoms with E-state index in [4.69, 9.17) is 21.1 Å². The Morgan fingerprint density at radius 2 is 1.69 bits per heavy atom. The highest BCUT2D eigenvalue weighted by Crippen LogP contribution is 2.45. The molecule has 0 bridgehead atoms. The molecule has 0 aromatic heterocycles. The SMILES string of the molecule is COc1ccc(/C(O)=C2\C(=O)C(=O)N(c3ccc(F)c(Cl)c3)C2c2ccccc2OC)cc1C(C)C. The predicted octanol–water partition coefficient (Wildman–Crippen LogP) is 6.25.